The lowest BCUT2D eigenvalue weighted by Gasteiger charge is -2.15. The molecule has 2 unspecified atom stereocenters. The van der Waals surface area contributed by atoms with E-state index in [4.69, 9.17) is 15.4 Å². The lowest BCUT2D eigenvalue weighted by molar-refractivity contribution is 0.0569. The standard InChI is InChI=1S/C14H21ClO3S/c1-12(9-11-19(15,16)17)8-10-18-13(2)14-6-4-3-5-7-14/h3-7,12-13H,8-11H2,1-2H3. The number of benzene rings is 1. The Morgan fingerprint density at radius 2 is 1.79 bits per heavy atom. The first kappa shape index (κ1) is 16.5. The maximum absolute atomic E-state index is 10.8. The first-order valence-electron chi connectivity index (χ1n) is 6.47. The molecule has 1 rings (SSSR count). The highest BCUT2D eigenvalue weighted by Crippen LogP contribution is 2.18. The molecular weight excluding hydrogens is 284 g/mol. The minimum atomic E-state index is -3.37. The molecule has 0 saturated carbocycles. The van der Waals surface area contributed by atoms with E-state index in [1.165, 1.54) is 0 Å². The van der Waals surface area contributed by atoms with Crippen LogP contribution in [0.25, 0.3) is 0 Å². The summed E-state index contributed by atoms with van der Waals surface area (Å²) in [5, 5.41) is 0. The smallest absolute Gasteiger partial charge is 0.232 e. The molecule has 1 aromatic carbocycles. The topological polar surface area (TPSA) is 43.4 Å². The van der Waals surface area contributed by atoms with Crippen LogP contribution >= 0.6 is 10.7 Å². The number of rotatable bonds is 8. The van der Waals surface area contributed by atoms with Gasteiger partial charge in [-0.25, -0.2) is 8.42 Å². The molecule has 1 aromatic rings. The summed E-state index contributed by atoms with van der Waals surface area (Å²) in [5.74, 6) is 0.320. The third kappa shape index (κ3) is 7.55. The SMILES string of the molecule is CC(CCOC(C)c1ccccc1)CCS(=O)(=O)Cl. The van der Waals surface area contributed by atoms with Gasteiger partial charge in [0.2, 0.25) is 9.05 Å². The van der Waals surface area contributed by atoms with Crippen molar-refractivity contribution in [3.8, 4) is 0 Å². The fraction of sp³-hybridized carbons (Fsp3) is 0.571. The third-order valence-electron chi connectivity index (χ3n) is 3.10. The average molecular weight is 305 g/mol. The minimum Gasteiger partial charge on any atom is -0.374 e. The van der Waals surface area contributed by atoms with Crippen LogP contribution in [0, 0.1) is 5.92 Å². The number of hydrogen-bond donors (Lipinski definition) is 0. The zero-order valence-corrected chi connectivity index (χ0v) is 13.0. The van der Waals surface area contributed by atoms with E-state index < -0.39 is 9.05 Å². The maximum atomic E-state index is 10.8. The Labute approximate surface area is 120 Å². The number of halogens is 1. The van der Waals surface area contributed by atoms with Gasteiger partial charge in [0.05, 0.1) is 11.9 Å². The molecule has 5 heteroatoms. The summed E-state index contributed by atoms with van der Waals surface area (Å²) in [4.78, 5) is 0. The van der Waals surface area contributed by atoms with Gasteiger partial charge in [-0.3, -0.25) is 0 Å². The van der Waals surface area contributed by atoms with Crippen LogP contribution in [0.4, 0.5) is 0 Å². The average Bonchev–Trinajstić information content (AvgIpc) is 2.36. The van der Waals surface area contributed by atoms with E-state index >= 15 is 0 Å². The summed E-state index contributed by atoms with van der Waals surface area (Å²) in [6.45, 7) is 4.65. The van der Waals surface area contributed by atoms with Crippen molar-refractivity contribution in [2.24, 2.45) is 5.92 Å². The molecule has 0 aliphatic carbocycles. The van der Waals surface area contributed by atoms with Crippen molar-refractivity contribution in [2.75, 3.05) is 12.4 Å². The largest absolute Gasteiger partial charge is 0.374 e. The monoisotopic (exact) mass is 304 g/mol. The molecule has 108 valence electrons. The maximum Gasteiger partial charge on any atom is 0.232 e. The summed E-state index contributed by atoms with van der Waals surface area (Å²) in [7, 11) is 1.81. The second-order valence-corrected chi connectivity index (χ2v) is 7.75. The Bertz CT molecular complexity index is 459. The lowest BCUT2D eigenvalue weighted by atomic mass is 10.1. The quantitative estimate of drug-likeness (QED) is 0.687. The van der Waals surface area contributed by atoms with Gasteiger partial charge in [-0.05, 0) is 31.2 Å². The van der Waals surface area contributed by atoms with E-state index in [9.17, 15) is 8.42 Å². The molecule has 0 aliphatic heterocycles. The van der Waals surface area contributed by atoms with Gasteiger partial charge in [0.1, 0.15) is 0 Å². The van der Waals surface area contributed by atoms with Crippen molar-refractivity contribution in [1.82, 2.24) is 0 Å². The van der Waals surface area contributed by atoms with Crippen LogP contribution in [0.5, 0.6) is 0 Å². The molecule has 0 saturated heterocycles. The third-order valence-corrected chi connectivity index (χ3v) is 4.29. The summed E-state index contributed by atoms with van der Waals surface area (Å²) in [6.07, 6.45) is 1.48. The Morgan fingerprint density at radius 3 is 2.37 bits per heavy atom. The van der Waals surface area contributed by atoms with Crippen LogP contribution in [0.1, 0.15) is 38.4 Å². The lowest BCUT2D eigenvalue weighted by Crippen LogP contribution is -2.08. The molecule has 0 aliphatic rings. The molecule has 0 N–H and O–H groups in total. The normalized spacial score (nSPS) is 15.1. The molecular formula is C14H21ClO3S. The summed E-state index contributed by atoms with van der Waals surface area (Å²) < 4.78 is 27.4. The molecule has 19 heavy (non-hydrogen) atoms. The Kier molecular flexibility index (Phi) is 6.83. The predicted octanol–water partition coefficient (Wildman–Crippen LogP) is 3.75. The second kappa shape index (κ2) is 7.88. The van der Waals surface area contributed by atoms with Gasteiger partial charge < -0.3 is 4.74 Å². The van der Waals surface area contributed by atoms with E-state index in [1.807, 2.05) is 44.2 Å². The van der Waals surface area contributed by atoms with Gasteiger partial charge >= 0.3 is 0 Å². The fourth-order valence-electron chi connectivity index (χ4n) is 1.75. The first-order valence-corrected chi connectivity index (χ1v) is 8.95. The van der Waals surface area contributed by atoms with Crippen LogP contribution in [0.3, 0.4) is 0 Å². The van der Waals surface area contributed by atoms with Crippen LogP contribution in [-0.2, 0) is 13.8 Å². The number of hydrogen-bond acceptors (Lipinski definition) is 3. The van der Waals surface area contributed by atoms with Gasteiger partial charge in [0.25, 0.3) is 0 Å². The van der Waals surface area contributed by atoms with Crippen molar-refractivity contribution in [3.63, 3.8) is 0 Å². The number of ether oxygens (including phenoxy) is 1. The molecule has 3 nitrogen and oxygen atoms in total. The van der Waals surface area contributed by atoms with Gasteiger partial charge in [-0.15, -0.1) is 0 Å². The van der Waals surface area contributed by atoms with Crippen LogP contribution in [-0.4, -0.2) is 20.8 Å². The van der Waals surface area contributed by atoms with Crippen LogP contribution < -0.4 is 0 Å². The highest BCUT2D eigenvalue weighted by molar-refractivity contribution is 8.13. The zero-order valence-electron chi connectivity index (χ0n) is 11.4. The van der Waals surface area contributed by atoms with Gasteiger partial charge in [0, 0.05) is 17.3 Å². The Balaban J connectivity index is 2.23. The molecule has 0 amide bonds. The molecule has 0 radical (unpaired) electrons. The minimum absolute atomic E-state index is 0.0317. The van der Waals surface area contributed by atoms with E-state index in [0.29, 0.717) is 13.0 Å². The van der Waals surface area contributed by atoms with Crippen molar-refractivity contribution >= 4 is 19.7 Å². The van der Waals surface area contributed by atoms with E-state index in [2.05, 4.69) is 0 Å². The summed E-state index contributed by atoms with van der Waals surface area (Å²) >= 11 is 0. The highest BCUT2D eigenvalue weighted by Gasteiger charge is 2.11. The van der Waals surface area contributed by atoms with Gasteiger partial charge in [0.15, 0.2) is 0 Å². The van der Waals surface area contributed by atoms with Crippen molar-refractivity contribution in [2.45, 2.75) is 32.8 Å². The molecule has 0 fully saturated rings. The van der Waals surface area contributed by atoms with Gasteiger partial charge in [-0.1, -0.05) is 37.3 Å². The fourth-order valence-corrected chi connectivity index (χ4v) is 2.70. The first-order chi connectivity index (χ1) is 8.88. The molecule has 0 aromatic heterocycles. The van der Waals surface area contributed by atoms with Crippen molar-refractivity contribution in [1.29, 1.82) is 0 Å². The second-order valence-electron chi connectivity index (χ2n) is 4.85. The Morgan fingerprint density at radius 1 is 1.16 bits per heavy atom. The Hall–Kier alpha value is -0.580. The summed E-state index contributed by atoms with van der Waals surface area (Å²) in [5.41, 5.74) is 1.15. The highest BCUT2D eigenvalue weighted by atomic mass is 35.7. The van der Waals surface area contributed by atoms with E-state index in [1.54, 1.807) is 0 Å². The molecule has 0 heterocycles. The molecule has 0 bridgehead atoms. The van der Waals surface area contributed by atoms with Crippen molar-refractivity contribution < 1.29 is 13.2 Å². The van der Waals surface area contributed by atoms with E-state index in [-0.39, 0.29) is 17.8 Å². The van der Waals surface area contributed by atoms with Crippen LogP contribution in [0.15, 0.2) is 30.3 Å². The zero-order chi connectivity index (χ0) is 14.3. The predicted molar refractivity (Wildman–Crippen MR) is 78.8 cm³/mol. The molecule has 0 spiro atoms. The van der Waals surface area contributed by atoms with Gasteiger partial charge in [-0.2, -0.15) is 0 Å². The van der Waals surface area contributed by atoms with Crippen LogP contribution in [0.2, 0.25) is 0 Å². The molecule has 2 atom stereocenters. The van der Waals surface area contributed by atoms with Crippen molar-refractivity contribution in [3.05, 3.63) is 35.9 Å². The van der Waals surface area contributed by atoms with E-state index in [0.717, 1.165) is 12.0 Å². The summed E-state index contributed by atoms with van der Waals surface area (Å²) in [6, 6.07) is 10.0.